The molecular weight excluding hydrogens is 264 g/mol. The maximum atomic E-state index is 12.1. The molecule has 1 aliphatic rings. The van der Waals surface area contributed by atoms with E-state index in [1.54, 1.807) is 6.92 Å². The Hall–Kier alpha value is -1.55. The van der Waals surface area contributed by atoms with Crippen molar-refractivity contribution in [2.75, 3.05) is 13.1 Å². The molecule has 4 heteroatoms. The van der Waals surface area contributed by atoms with Crippen molar-refractivity contribution in [2.45, 2.75) is 51.7 Å². The monoisotopic (exact) mass is 290 g/mol. The van der Waals surface area contributed by atoms with Crippen LogP contribution in [0.3, 0.4) is 0 Å². The molecule has 1 aliphatic heterocycles. The van der Waals surface area contributed by atoms with Crippen LogP contribution < -0.4 is 15.4 Å². The number of hydrogen-bond acceptors (Lipinski definition) is 3. The van der Waals surface area contributed by atoms with Crippen molar-refractivity contribution in [3.8, 4) is 5.75 Å². The summed E-state index contributed by atoms with van der Waals surface area (Å²) in [4.78, 5) is 12.1. The van der Waals surface area contributed by atoms with E-state index in [1.165, 1.54) is 12.0 Å². The number of ether oxygens (including phenoxy) is 1. The smallest absolute Gasteiger partial charge is 0.260 e. The summed E-state index contributed by atoms with van der Waals surface area (Å²) >= 11 is 0. The van der Waals surface area contributed by atoms with Crippen LogP contribution in [0.25, 0.3) is 0 Å². The predicted octanol–water partition coefficient (Wildman–Crippen LogP) is 2.45. The fourth-order valence-electron chi connectivity index (χ4n) is 2.50. The summed E-state index contributed by atoms with van der Waals surface area (Å²) in [5, 5.41) is 6.32. The first-order chi connectivity index (χ1) is 10.1. The highest BCUT2D eigenvalue weighted by Crippen LogP contribution is 2.21. The van der Waals surface area contributed by atoms with E-state index >= 15 is 0 Å². The Balaban J connectivity index is 1.83. The summed E-state index contributed by atoms with van der Waals surface area (Å²) in [5.74, 6) is 1.15. The molecule has 1 saturated heterocycles. The van der Waals surface area contributed by atoms with Crippen LogP contribution in [0.1, 0.15) is 45.1 Å². The Labute approximate surface area is 127 Å². The molecule has 0 radical (unpaired) electrons. The van der Waals surface area contributed by atoms with Gasteiger partial charge >= 0.3 is 0 Å². The molecule has 2 rings (SSSR count). The lowest BCUT2D eigenvalue weighted by molar-refractivity contribution is -0.127. The lowest BCUT2D eigenvalue weighted by Gasteiger charge is -2.17. The highest BCUT2D eigenvalue weighted by molar-refractivity contribution is 5.80. The van der Waals surface area contributed by atoms with E-state index in [2.05, 4.69) is 30.5 Å². The van der Waals surface area contributed by atoms with Crippen LogP contribution in [0.2, 0.25) is 0 Å². The predicted molar refractivity (Wildman–Crippen MR) is 84.7 cm³/mol. The molecule has 2 atom stereocenters. The molecule has 0 aliphatic carbocycles. The van der Waals surface area contributed by atoms with Crippen molar-refractivity contribution >= 4 is 5.91 Å². The fourth-order valence-corrected chi connectivity index (χ4v) is 2.50. The van der Waals surface area contributed by atoms with Crippen molar-refractivity contribution in [1.82, 2.24) is 10.6 Å². The average Bonchev–Trinajstić information content (AvgIpc) is 2.98. The van der Waals surface area contributed by atoms with E-state index in [0.29, 0.717) is 18.5 Å². The highest BCUT2D eigenvalue weighted by atomic mass is 16.5. The number of nitrogens with one attached hydrogen (secondary N) is 2. The van der Waals surface area contributed by atoms with Gasteiger partial charge in [-0.05, 0) is 49.9 Å². The van der Waals surface area contributed by atoms with Crippen LogP contribution in [0.4, 0.5) is 0 Å². The van der Waals surface area contributed by atoms with Gasteiger partial charge in [0.1, 0.15) is 5.75 Å². The number of carbonyl (C=O) groups is 1. The quantitative estimate of drug-likeness (QED) is 0.846. The summed E-state index contributed by atoms with van der Waals surface area (Å²) in [6.07, 6.45) is 1.84. The van der Waals surface area contributed by atoms with Gasteiger partial charge in [0.2, 0.25) is 0 Å². The molecule has 0 bridgehead atoms. The Morgan fingerprint density at radius 2 is 2.24 bits per heavy atom. The van der Waals surface area contributed by atoms with Gasteiger partial charge < -0.3 is 15.4 Å². The lowest BCUT2D eigenvalue weighted by Crippen LogP contribution is -2.42. The number of hydrogen-bond donors (Lipinski definition) is 2. The molecule has 2 N–H and O–H groups in total. The molecule has 0 aromatic heterocycles. The van der Waals surface area contributed by atoms with Gasteiger partial charge in [0.15, 0.2) is 6.10 Å². The van der Waals surface area contributed by atoms with Gasteiger partial charge in [-0.25, -0.2) is 0 Å². The largest absolute Gasteiger partial charge is 0.481 e. The lowest BCUT2D eigenvalue weighted by atomic mass is 10.0. The minimum absolute atomic E-state index is 0.0568. The van der Waals surface area contributed by atoms with Crippen molar-refractivity contribution < 1.29 is 9.53 Å². The molecule has 116 valence electrons. The Bertz CT molecular complexity index is 468. The molecule has 1 heterocycles. The van der Waals surface area contributed by atoms with E-state index in [0.717, 1.165) is 18.7 Å². The van der Waals surface area contributed by atoms with E-state index in [-0.39, 0.29) is 5.91 Å². The second kappa shape index (κ2) is 7.46. The average molecular weight is 290 g/mol. The maximum absolute atomic E-state index is 12.1. The third kappa shape index (κ3) is 4.74. The van der Waals surface area contributed by atoms with E-state index in [4.69, 9.17) is 4.74 Å². The molecule has 2 unspecified atom stereocenters. The molecule has 1 aromatic rings. The zero-order valence-electron chi connectivity index (χ0n) is 13.2. The van der Waals surface area contributed by atoms with Gasteiger partial charge in [-0.3, -0.25) is 4.79 Å². The van der Waals surface area contributed by atoms with Crippen LogP contribution in [0.5, 0.6) is 5.75 Å². The summed E-state index contributed by atoms with van der Waals surface area (Å²) in [5.41, 5.74) is 1.22. The van der Waals surface area contributed by atoms with Crippen LogP contribution in [0, 0.1) is 0 Å². The van der Waals surface area contributed by atoms with Gasteiger partial charge in [0.25, 0.3) is 5.91 Å². The van der Waals surface area contributed by atoms with E-state index < -0.39 is 6.10 Å². The molecule has 21 heavy (non-hydrogen) atoms. The van der Waals surface area contributed by atoms with E-state index in [1.807, 2.05) is 18.2 Å². The molecular formula is C17H26N2O2. The second-order valence-corrected chi connectivity index (χ2v) is 6.03. The Kier molecular flexibility index (Phi) is 5.62. The number of benzene rings is 1. The molecule has 1 fully saturated rings. The van der Waals surface area contributed by atoms with Crippen molar-refractivity contribution in [2.24, 2.45) is 0 Å². The SMILES string of the molecule is CC(Oc1cccc(C(C)C)c1)C(=O)NCC1CCCN1. The zero-order valence-corrected chi connectivity index (χ0v) is 13.2. The van der Waals surface area contributed by atoms with Crippen LogP contribution in [-0.4, -0.2) is 31.1 Å². The number of amides is 1. The standard InChI is InChI=1S/C17H26N2O2/c1-12(2)14-6-4-8-16(10-14)21-13(3)17(20)19-11-15-7-5-9-18-15/h4,6,8,10,12-13,15,18H,5,7,9,11H2,1-3H3,(H,19,20). The Morgan fingerprint density at radius 1 is 1.43 bits per heavy atom. The third-order valence-corrected chi connectivity index (χ3v) is 3.89. The van der Waals surface area contributed by atoms with Crippen molar-refractivity contribution in [3.05, 3.63) is 29.8 Å². The number of carbonyl (C=O) groups excluding carboxylic acids is 1. The van der Waals surface area contributed by atoms with Gasteiger partial charge in [-0.1, -0.05) is 26.0 Å². The van der Waals surface area contributed by atoms with Crippen LogP contribution in [0.15, 0.2) is 24.3 Å². The first-order valence-corrected chi connectivity index (χ1v) is 7.84. The molecule has 4 nitrogen and oxygen atoms in total. The Morgan fingerprint density at radius 3 is 2.90 bits per heavy atom. The first-order valence-electron chi connectivity index (χ1n) is 7.84. The summed E-state index contributed by atoms with van der Waals surface area (Å²) in [7, 11) is 0. The third-order valence-electron chi connectivity index (χ3n) is 3.89. The fraction of sp³-hybridized carbons (Fsp3) is 0.588. The van der Waals surface area contributed by atoms with Crippen LogP contribution in [-0.2, 0) is 4.79 Å². The minimum atomic E-state index is -0.478. The van der Waals surface area contributed by atoms with Gasteiger partial charge in [-0.2, -0.15) is 0 Å². The summed E-state index contributed by atoms with van der Waals surface area (Å²) in [6, 6.07) is 8.36. The first kappa shape index (κ1) is 15.8. The second-order valence-electron chi connectivity index (χ2n) is 6.03. The maximum Gasteiger partial charge on any atom is 0.260 e. The van der Waals surface area contributed by atoms with Crippen molar-refractivity contribution in [3.63, 3.8) is 0 Å². The van der Waals surface area contributed by atoms with Gasteiger partial charge in [-0.15, -0.1) is 0 Å². The highest BCUT2D eigenvalue weighted by Gasteiger charge is 2.18. The molecule has 1 amide bonds. The van der Waals surface area contributed by atoms with Gasteiger partial charge in [0, 0.05) is 12.6 Å². The normalized spacial score (nSPS) is 19.5. The molecule has 0 saturated carbocycles. The van der Waals surface area contributed by atoms with Gasteiger partial charge in [0.05, 0.1) is 0 Å². The van der Waals surface area contributed by atoms with E-state index in [9.17, 15) is 4.79 Å². The molecule has 0 spiro atoms. The van der Waals surface area contributed by atoms with Crippen LogP contribution >= 0.6 is 0 Å². The zero-order chi connectivity index (χ0) is 15.2. The topological polar surface area (TPSA) is 50.4 Å². The minimum Gasteiger partial charge on any atom is -0.481 e. The number of rotatable bonds is 6. The van der Waals surface area contributed by atoms with Crippen molar-refractivity contribution in [1.29, 1.82) is 0 Å². The summed E-state index contributed by atoms with van der Waals surface area (Å²) in [6.45, 7) is 7.81. The summed E-state index contributed by atoms with van der Waals surface area (Å²) < 4.78 is 5.75. The molecule has 1 aromatic carbocycles.